The van der Waals surface area contributed by atoms with Gasteiger partial charge in [-0.25, -0.2) is 0 Å². The van der Waals surface area contributed by atoms with E-state index in [1.165, 1.54) is 0 Å². The van der Waals surface area contributed by atoms with E-state index >= 15 is 0 Å². The topological polar surface area (TPSA) is 80.9 Å². The SMILES string of the molecule is OCc1cccc(Cc2cccc(CO)c2O)c1O. The van der Waals surface area contributed by atoms with Crippen LogP contribution in [0.15, 0.2) is 36.4 Å². The van der Waals surface area contributed by atoms with Gasteiger partial charge in [-0.15, -0.1) is 0 Å². The Hall–Kier alpha value is -2.04. The third-order valence-electron chi connectivity index (χ3n) is 3.13. The van der Waals surface area contributed by atoms with E-state index in [9.17, 15) is 10.2 Å². The highest BCUT2D eigenvalue weighted by atomic mass is 16.3. The number of para-hydroxylation sites is 2. The lowest BCUT2D eigenvalue weighted by Gasteiger charge is -2.11. The molecule has 0 atom stereocenters. The van der Waals surface area contributed by atoms with E-state index in [1.54, 1.807) is 36.4 Å². The largest absolute Gasteiger partial charge is 0.507 e. The van der Waals surface area contributed by atoms with Gasteiger partial charge in [-0.1, -0.05) is 36.4 Å². The van der Waals surface area contributed by atoms with Crippen LogP contribution < -0.4 is 0 Å². The summed E-state index contributed by atoms with van der Waals surface area (Å²) < 4.78 is 0. The Morgan fingerprint density at radius 1 is 0.632 bits per heavy atom. The first-order valence-electron chi connectivity index (χ1n) is 5.98. The molecule has 0 radical (unpaired) electrons. The lowest BCUT2D eigenvalue weighted by atomic mass is 9.99. The number of benzene rings is 2. The summed E-state index contributed by atoms with van der Waals surface area (Å²) in [5, 5.41) is 38.2. The third kappa shape index (κ3) is 2.70. The highest BCUT2D eigenvalue weighted by Crippen LogP contribution is 2.29. The lowest BCUT2D eigenvalue weighted by Crippen LogP contribution is -1.95. The Morgan fingerprint density at radius 2 is 1.00 bits per heavy atom. The van der Waals surface area contributed by atoms with Gasteiger partial charge in [0.05, 0.1) is 13.2 Å². The minimum atomic E-state index is -0.234. The second-order valence-electron chi connectivity index (χ2n) is 4.34. The summed E-state index contributed by atoms with van der Waals surface area (Å²) in [6.45, 7) is -0.468. The fourth-order valence-electron chi connectivity index (χ4n) is 2.03. The lowest BCUT2D eigenvalue weighted by molar-refractivity contribution is 0.275. The van der Waals surface area contributed by atoms with Crippen molar-refractivity contribution in [2.75, 3.05) is 0 Å². The van der Waals surface area contributed by atoms with Crippen LogP contribution >= 0.6 is 0 Å². The van der Waals surface area contributed by atoms with Crippen LogP contribution in [0.4, 0.5) is 0 Å². The molecule has 0 aromatic heterocycles. The molecule has 100 valence electrons. The zero-order chi connectivity index (χ0) is 13.8. The van der Waals surface area contributed by atoms with Crippen LogP contribution in [-0.4, -0.2) is 20.4 Å². The minimum absolute atomic E-state index is 0.0406. The molecule has 0 aliphatic rings. The number of hydrogen-bond donors (Lipinski definition) is 4. The first kappa shape index (κ1) is 13.4. The van der Waals surface area contributed by atoms with E-state index in [1.807, 2.05) is 0 Å². The molecule has 0 unspecified atom stereocenters. The molecule has 4 nitrogen and oxygen atoms in total. The molecule has 0 fully saturated rings. The molecule has 2 aromatic carbocycles. The monoisotopic (exact) mass is 260 g/mol. The number of aromatic hydroxyl groups is 2. The molecule has 0 amide bonds. The van der Waals surface area contributed by atoms with Crippen molar-refractivity contribution in [1.29, 1.82) is 0 Å². The quantitative estimate of drug-likeness (QED) is 0.674. The molecular weight excluding hydrogens is 244 g/mol. The van der Waals surface area contributed by atoms with Gasteiger partial charge in [0.2, 0.25) is 0 Å². The van der Waals surface area contributed by atoms with Crippen molar-refractivity contribution in [2.45, 2.75) is 19.6 Å². The Labute approximate surface area is 111 Å². The van der Waals surface area contributed by atoms with Crippen LogP contribution in [0.1, 0.15) is 22.3 Å². The second kappa shape index (κ2) is 5.73. The maximum Gasteiger partial charge on any atom is 0.124 e. The van der Waals surface area contributed by atoms with Crippen LogP contribution in [0, 0.1) is 0 Å². The van der Waals surface area contributed by atoms with Crippen molar-refractivity contribution in [3.63, 3.8) is 0 Å². The van der Waals surface area contributed by atoms with Crippen molar-refractivity contribution in [3.05, 3.63) is 58.7 Å². The van der Waals surface area contributed by atoms with E-state index in [-0.39, 0.29) is 24.7 Å². The van der Waals surface area contributed by atoms with Crippen molar-refractivity contribution in [1.82, 2.24) is 0 Å². The number of aliphatic hydroxyl groups is 2. The number of phenols is 2. The van der Waals surface area contributed by atoms with E-state index in [4.69, 9.17) is 10.2 Å². The predicted molar refractivity (Wildman–Crippen MR) is 70.9 cm³/mol. The fraction of sp³-hybridized carbons (Fsp3) is 0.200. The summed E-state index contributed by atoms with van der Waals surface area (Å²) in [7, 11) is 0. The molecular formula is C15H16O4. The maximum absolute atomic E-state index is 9.98. The van der Waals surface area contributed by atoms with Crippen molar-refractivity contribution >= 4 is 0 Å². The maximum atomic E-state index is 9.98. The molecule has 0 saturated heterocycles. The van der Waals surface area contributed by atoms with Crippen LogP contribution in [0.3, 0.4) is 0 Å². The Morgan fingerprint density at radius 3 is 1.37 bits per heavy atom. The first-order valence-corrected chi connectivity index (χ1v) is 5.98. The van der Waals surface area contributed by atoms with Crippen molar-refractivity contribution in [3.8, 4) is 11.5 Å². The first-order chi connectivity index (χ1) is 9.17. The highest BCUT2D eigenvalue weighted by Gasteiger charge is 2.11. The zero-order valence-electron chi connectivity index (χ0n) is 10.4. The average Bonchev–Trinajstić information content (AvgIpc) is 2.43. The number of hydrogen-bond acceptors (Lipinski definition) is 4. The second-order valence-corrected chi connectivity index (χ2v) is 4.34. The van der Waals surface area contributed by atoms with Crippen LogP contribution in [0.5, 0.6) is 11.5 Å². The highest BCUT2D eigenvalue weighted by molar-refractivity contribution is 5.47. The summed E-state index contributed by atoms with van der Waals surface area (Å²) in [5.74, 6) is 0.0811. The van der Waals surface area contributed by atoms with Crippen LogP contribution in [-0.2, 0) is 19.6 Å². The van der Waals surface area contributed by atoms with Gasteiger partial charge >= 0.3 is 0 Å². The molecule has 0 saturated carbocycles. The van der Waals surface area contributed by atoms with Gasteiger partial charge in [-0.05, 0) is 11.1 Å². The van der Waals surface area contributed by atoms with E-state index in [0.717, 1.165) is 0 Å². The van der Waals surface area contributed by atoms with E-state index < -0.39 is 0 Å². The summed E-state index contributed by atoms with van der Waals surface area (Å²) in [5.41, 5.74) is 2.15. The van der Waals surface area contributed by atoms with Gasteiger partial charge in [0.1, 0.15) is 11.5 Å². The molecule has 0 aliphatic heterocycles. The van der Waals surface area contributed by atoms with Gasteiger partial charge in [-0.3, -0.25) is 0 Å². The summed E-state index contributed by atoms with van der Waals surface area (Å²) in [6.07, 6.45) is 0.333. The van der Waals surface area contributed by atoms with Crippen LogP contribution in [0.2, 0.25) is 0 Å². The van der Waals surface area contributed by atoms with Gasteiger partial charge in [0.25, 0.3) is 0 Å². The summed E-state index contributed by atoms with van der Waals surface area (Å²) >= 11 is 0. The van der Waals surface area contributed by atoms with Gasteiger partial charge in [-0.2, -0.15) is 0 Å². The summed E-state index contributed by atoms with van der Waals surface area (Å²) in [4.78, 5) is 0. The van der Waals surface area contributed by atoms with Crippen LogP contribution in [0.25, 0.3) is 0 Å². The molecule has 4 heteroatoms. The Bertz CT molecular complexity index is 527. The third-order valence-corrected chi connectivity index (χ3v) is 3.13. The van der Waals surface area contributed by atoms with E-state index in [2.05, 4.69) is 0 Å². The Kier molecular flexibility index (Phi) is 4.04. The number of rotatable bonds is 4. The molecule has 2 aromatic rings. The van der Waals surface area contributed by atoms with Gasteiger partial charge < -0.3 is 20.4 Å². The van der Waals surface area contributed by atoms with Gasteiger partial charge in [0, 0.05) is 17.5 Å². The van der Waals surface area contributed by atoms with Crippen molar-refractivity contribution < 1.29 is 20.4 Å². The number of aliphatic hydroxyl groups excluding tert-OH is 2. The predicted octanol–water partition coefficient (Wildman–Crippen LogP) is 1.67. The molecule has 19 heavy (non-hydrogen) atoms. The molecule has 0 bridgehead atoms. The molecule has 4 N–H and O–H groups in total. The fourth-order valence-corrected chi connectivity index (χ4v) is 2.03. The smallest absolute Gasteiger partial charge is 0.124 e. The standard InChI is InChI=1S/C15H16O4/c16-8-12-5-1-3-10(14(12)18)7-11-4-2-6-13(9-17)15(11)19/h1-6,16-19H,7-9H2. The Balaban J connectivity index is 2.36. The summed E-state index contributed by atoms with van der Waals surface area (Å²) in [6, 6.07) is 10.2. The molecule has 0 heterocycles. The zero-order valence-corrected chi connectivity index (χ0v) is 10.4. The van der Waals surface area contributed by atoms with Crippen molar-refractivity contribution in [2.24, 2.45) is 0 Å². The van der Waals surface area contributed by atoms with Gasteiger partial charge in [0.15, 0.2) is 0 Å². The average molecular weight is 260 g/mol. The van der Waals surface area contributed by atoms with E-state index in [0.29, 0.717) is 28.7 Å². The molecule has 0 aliphatic carbocycles. The molecule has 2 rings (SSSR count). The minimum Gasteiger partial charge on any atom is -0.507 e. The normalized spacial score (nSPS) is 10.6. The molecule has 0 spiro atoms.